The van der Waals surface area contributed by atoms with E-state index in [0.717, 1.165) is 49.1 Å². The van der Waals surface area contributed by atoms with Gasteiger partial charge in [-0.15, -0.1) is 12.6 Å². The Bertz CT molecular complexity index is 397. The minimum Gasteiger partial charge on any atom is -0.398 e. The summed E-state index contributed by atoms with van der Waals surface area (Å²) in [5.74, 6) is 0. The van der Waals surface area contributed by atoms with Crippen molar-refractivity contribution >= 4 is 18.3 Å². The number of thiol groups is 1. The number of rotatable bonds is 8. The summed E-state index contributed by atoms with van der Waals surface area (Å²) >= 11 is 4.76. The van der Waals surface area contributed by atoms with E-state index in [0.29, 0.717) is 0 Å². The molecule has 20 heavy (non-hydrogen) atoms. The Morgan fingerprint density at radius 3 is 1.45 bits per heavy atom. The van der Waals surface area contributed by atoms with Crippen molar-refractivity contribution in [3.05, 3.63) is 22.3 Å². The summed E-state index contributed by atoms with van der Waals surface area (Å²) in [5.41, 5.74) is 13.2. The van der Waals surface area contributed by atoms with Crippen LogP contribution < -0.4 is 5.73 Å². The summed E-state index contributed by atoms with van der Waals surface area (Å²) < 4.78 is 0. The summed E-state index contributed by atoms with van der Waals surface area (Å²) in [7, 11) is 0. The molecule has 0 aliphatic rings. The second-order valence-electron chi connectivity index (χ2n) is 5.68. The number of nitrogens with two attached hydrogens (primary N) is 1. The fraction of sp³-hybridized carbons (Fsp3) is 0.667. The van der Waals surface area contributed by atoms with Gasteiger partial charge in [0.2, 0.25) is 0 Å². The zero-order valence-electron chi connectivity index (χ0n) is 13.7. The van der Waals surface area contributed by atoms with Crippen molar-refractivity contribution in [2.75, 3.05) is 5.73 Å². The number of benzene rings is 1. The molecule has 0 unspecified atom stereocenters. The highest BCUT2D eigenvalue weighted by Crippen LogP contribution is 2.36. The van der Waals surface area contributed by atoms with E-state index < -0.39 is 0 Å². The fourth-order valence-electron chi connectivity index (χ4n) is 3.13. The number of hydrogen-bond donors (Lipinski definition) is 2. The first kappa shape index (κ1) is 17.4. The molecule has 1 aromatic rings. The summed E-state index contributed by atoms with van der Waals surface area (Å²) in [5, 5.41) is 0. The van der Waals surface area contributed by atoms with Gasteiger partial charge in [-0.25, -0.2) is 0 Å². The molecule has 0 spiro atoms. The third-order valence-corrected chi connectivity index (χ3v) is 4.47. The van der Waals surface area contributed by atoms with Gasteiger partial charge in [-0.3, -0.25) is 0 Å². The predicted molar refractivity (Wildman–Crippen MR) is 94.1 cm³/mol. The molecule has 0 radical (unpaired) electrons. The Balaban J connectivity index is 3.53. The molecule has 0 heterocycles. The van der Waals surface area contributed by atoms with Crippen molar-refractivity contribution in [1.29, 1.82) is 0 Å². The Labute approximate surface area is 130 Å². The van der Waals surface area contributed by atoms with E-state index in [1.807, 2.05) is 0 Å². The molecule has 114 valence electrons. The van der Waals surface area contributed by atoms with Crippen molar-refractivity contribution in [2.24, 2.45) is 0 Å². The molecule has 0 aliphatic carbocycles. The first-order chi connectivity index (χ1) is 9.62. The van der Waals surface area contributed by atoms with Crippen LogP contribution in [0.5, 0.6) is 0 Å². The van der Waals surface area contributed by atoms with Crippen LogP contribution in [-0.2, 0) is 25.7 Å². The maximum absolute atomic E-state index is 6.42. The molecule has 0 fully saturated rings. The minimum absolute atomic E-state index is 0.946. The molecular weight excluding hydrogens is 262 g/mol. The summed E-state index contributed by atoms with van der Waals surface area (Å²) in [6, 6.07) is 0. The SMILES string of the molecule is CCCc1c(N)c(S)c(CCC)c(CCC)c1CCC. The van der Waals surface area contributed by atoms with E-state index in [-0.39, 0.29) is 0 Å². The molecule has 1 nitrogen and oxygen atoms in total. The number of hydrogen-bond acceptors (Lipinski definition) is 2. The Morgan fingerprint density at radius 2 is 1.00 bits per heavy atom. The molecule has 0 saturated carbocycles. The monoisotopic (exact) mass is 293 g/mol. The molecule has 0 saturated heterocycles. The minimum atomic E-state index is 0.946. The second kappa shape index (κ2) is 8.61. The molecule has 0 amide bonds. The van der Waals surface area contributed by atoms with Gasteiger partial charge < -0.3 is 5.73 Å². The highest BCUT2D eigenvalue weighted by atomic mass is 32.1. The summed E-state index contributed by atoms with van der Waals surface area (Å²) in [6.45, 7) is 8.99. The predicted octanol–water partition coefficient (Wildman–Crippen LogP) is 5.37. The largest absolute Gasteiger partial charge is 0.398 e. The van der Waals surface area contributed by atoms with Gasteiger partial charge in [-0.05, 0) is 47.9 Å². The van der Waals surface area contributed by atoms with Crippen LogP contribution in [0.2, 0.25) is 0 Å². The molecule has 1 aromatic carbocycles. The highest BCUT2D eigenvalue weighted by molar-refractivity contribution is 7.80. The van der Waals surface area contributed by atoms with Crippen LogP contribution in [0.3, 0.4) is 0 Å². The average Bonchev–Trinajstić information content (AvgIpc) is 2.44. The van der Waals surface area contributed by atoms with E-state index in [4.69, 9.17) is 18.4 Å². The van der Waals surface area contributed by atoms with Crippen LogP contribution >= 0.6 is 12.6 Å². The van der Waals surface area contributed by atoms with Gasteiger partial charge in [0.1, 0.15) is 0 Å². The molecule has 0 bridgehead atoms. The zero-order valence-corrected chi connectivity index (χ0v) is 14.6. The van der Waals surface area contributed by atoms with Gasteiger partial charge >= 0.3 is 0 Å². The lowest BCUT2D eigenvalue weighted by molar-refractivity contribution is 0.791. The van der Waals surface area contributed by atoms with Gasteiger partial charge in [0.15, 0.2) is 0 Å². The van der Waals surface area contributed by atoms with Gasteiger partial charge in [-0.2, -0.15) is 0 Å². The van der Waals surface area contributed by atoms with Crippen LogP contribution in [0.15, 0.2) is 4.90 Å². The second-order valence-corrected chi connectivity index (χ2v) is 6.12. The Kier molecular flexibility index (Phi) is 7.50. The quantitative estimate of drug-likeness (QED) is 0.489. The molecule has 1 rings (SSSR count). The van der Waals surface area contributed by atoms with Crippen LogP contribution in [0.25, 0.3) is 0 Å². The van der Waals surface area contributed by atoms with E-state index in [1.54, 1.807) is 5.56 Å². The summed E-state index contributed by atoms with van der Waals surface area (Å²) in [4.78, 5) is 1.05. The number of anilines is 1. The topological polar surface area (TPSA) is 26.0 Å². The van der Waals surface area contributed by atoms with Crippen molar-refractivity contribution in [1.82, 2.24) is 0 Å². The lowest BCUT2D eigenvalue weighted by Crippen LogP contribution is -2.10. The Morgan fingerprint density at radius 1 is 0.650 bits per heavy atom. The van der Waals surface area contributed by atoms with Gasteiger partial charge in [-0.1, -0.05) is 53.4 Å². The van der Waals surface area contributed by atoms with Crippen LogP contribution in [0.1, 0.15) is 75.6 Å². The standard InChI is InChI=1S/C18H31NS/c1-5-9-13-14(10-6-2)16(12-8-4)18(20)17(19)15(13)11-7-3/h20H,5-12,19H2,1-4H3. The lowest BCUT2D eigenvalue weighted by atomic mass is 9.86. The van der Waals surface area contributed by atoms with Gasteiger partial charge in [0, 0.05) is 10.6 Å². The van der Waals surface area contributed by atoms with Crippen LogP contribution in [0.4, 0.5) is 5.69 Å². The van der Waals surface area contributed by atoms with Crippen molar-refractivity contribution < 1.29 is 0 Å². The molecule has 2 N–H and O–H groups in total. The molecule has 2 heteroatoms. The van der Waals surface area contributed by atoms with Gasteiger partial charge in [0.05, 0.1) is 0 Å². The molecule has 0 atom stereocenters. The van der Waals surface area contributed by atoms with Crippen LogP contribution in [-0.4, -0.2) is 0 Å². The van der Waals surface area contributed by atoms with E-state index in [2.05, 4.69) is 27.7 Å². The van der Waals surface area contributed by atoms with Crippen LogP contribution in [0, 0.1) is 0 Å². The molecule has 0 aliphatic heterocycles. The Hall–Kier alpha value is -0.630. The third kappa shape index (κ3) is 3.72. The maximum atomic E-state index is 6.42. The lowest BCUT2D eigenvalue weighted by Gasteiger charge is -2.23. The highest BCUT2D eigenvalue weighted by Gasteiger charge is 2.18. The molecular formula is C18H31NS. The summed E-state index contributed by atoms with van der Waals surface area (Å²) in [6.07, 6.45) is 9.17. The average molecular weight is 294 g/mol. The van der Waals surface area contributed by atoms with Crippen molar-refractivity contribution in [2.45, 2.75) is 84.0 Å². The fourth-order valence-corrected chi connectivity index (χ4v) is 3.52. The zero-order chi connectivity index (χ0) is 15.1. The van der Waals surface area contributed by atoms with E-state index >= 15 is 0 Å². The van der Waals surface area contributed by atoms with E-state index in [1.165, 1.54) is 29.5 Å². The molecule has 0 aromatic heterocycles. The van der Waals surface area contributed by atoms with E-state index in [9.17, 15) is 0 Å². The van der Waals surface area contributed by atoms with Crippen molar-refractivity contribution in [3.8, 4) is 0 Å². The number of nitrogen functional groups attached to an aromatic ring is 1. The van der Waals surface area contributed by atoms with Gasteiger partial charge in [0.25, 0.3) is 0 Å². The first-order valence-electron chi connectivity index (χ1n) is 8.25. The smallest absolute Gasteiger partial charge is 0.0487 e. The maximum Gasteiger partial charge on any atom is 0.0487 e. The first-order valence-corrected chi connectivity index (χ1v) is 8.70. The normalized spacial score (nSPS) is 11.1. The third-order valence-electron chi connectivity index (χ3n) is 3.96. The van der Waals surface area contributed by atoms with Crippen molar-refractivity contribution in [3.63, 3.8) is 0 Å².